The molecule has 2 aliphatic heterocycles. The van der Waals surface area contributed by atoms with Crippen molar-refractivity contribution in [3.05, 3.63) is 20.1 Å². The number of nitrogens with zero attached hydrogens (tertiary/aromatic N) is 3. The highest BCUT2D eigenvalue weighted by molar-refractivity contribution is 9.11. The Hall–Kier alpha value is -0.590. The predicted molar refractivity (Wildman–Crippen MR) is 93.3 cm³/mol. The van der Waals surface area contributed by atoms with Gasteiger partial charge in [0.25, 0.3) is 0 Å². The van der Waals surface area contributed by atoms with E-state index in [4.69, 9.17) is 4.98 Å². The van der Waals surface area contributed by atoms with E-state index in [0.717, 1.165) is 55.1 Å². The van der Waals surface area contributed by atoms with Crippen LogP contribution in [0.15, 0.2) is 8.95 Å². The third kappa shape index (κ3) is 2.06. The molecule has 2 aromatic rings. The Kier molecular flexibility index (Phi) is 3.51. The molecule has 21 heavy (non-hydrogen) atoms. The molecule has 0 amide bonds. The van der Waals surface area contributed by atoms with Gasteiger partial charge in [0.1, 0.15) is 5.52 Å². The van der Waals surface area contributed by atoms with Crippen LogP contribution in [0.5, 0.6) is 0 Å². The minimum atomic E-state index is 1.04. The van der Waals surface area contributed by atoms with Gasteiger partial charge < -0.3 is 14.8 Å². The van der Waals surface area contributed by atoms with Crippen LogP contribution in [0.4, 0.5) is 5.95 Å². The molecule has 0 radical (unpaired) electrons. The fourth-order valence-electron chi connectivity index (χ4n) is 3.46. The summed E-state index contributed by atoms with van der Waals surface area (Å²) in [5.41, 5.74) is 5.12. The summed E-state index contributed by atoms with van der Waals surface area (Å²) in [5, 5.41) is 3.42. The predicted octanol–water partition coefficient (Wildman–Crippen LogP) is 3.23. The Labute approximate surface area is 141 Å². The third-order valence-corrected chi connectivity index (χ3v) is 6.62. The molecule has 112 valence electrons. The molecule has 1 aromatic heterocycles. The lowest BCUT2D eigenvalue weighted by molar-refractivity contribution is 0.556. The Bertz CT molecular complexity index is 717. The van der Waals surface area contributed by atoms with Crippen LogP contribution in [-0.2, 0) is 13.0 Å². The molecule has 1 fully saturated rings. The average molecular weight is 414 g/mol. The van der Waals surface area contributed by atoms with Crippen molar-refractivity contribution in [2.75, 3.05) is 31.1 Å². The van der Waals surface area contributed by atoms with Crippen LogP contribution in [0, 0.1) is 6.92 Å². The van der Waals surface area contributed by atoms with Crippen molar-refractivity contribution in [3.8, 4) is 0 Å². The Balaban J connectivity index is 1.98. The first-order chi connectivity index (χ1) is 10.2. The molecule has 1 aromatic carbocycles. The number of hydrogen-bond donors (Lipinski definition) is 1. The molecule has 4 rings (SSSR count). The molecule has 0 saturated carbocycles. The van der Waals surface area contributed by atoms with E-state index in [1.165, 1.54) is 27.5 Å². The van der Waals surface area contributed by atoms with Gasteiger partial charge in [-0.25, -0.2) is 4.98 Å². The normalized spacial score (nSPS) is 18.5. The Morgan fingerprint density at radius 2 is 1.86 bits per heavy atom. The average Bonchev–Trinajstić information content (AvgIpc) is 2.92. The summed E-state index contributed by atoms with van der Waals surface area (Å²) in [4.78, 5) is 7.42. The van der Waals surface area contributed by atoms with Gasteiger partial charge in [0.05, 0.1) is 5.52 Å². The summed E-state index contributed by atoms with van der Waals surface area (Å²) in [7, 11) is 0. The summed E-state index contributed by atoms with van der Waals surface area (Å²) in [5.74, 6) is 1.14. The second-order valence-corrected chi connectivity index (χ2v) is 7.42. The maximum Gasteiger partial charge on any atom is 0.206 e. The highest BCUT2D eigenvalue weighted by atomic mass is 79.9. The number of aromatic nitrogens is 2. The lowest BCUT2D eigenvalue weighted by atomic mass is 10.0. The first kappa shape index (κ1) is 14.0. The van der Waals surface area contributed by atoms with E-state index in [9.17, 15) is 0 Å². The standard InChI is InChI=1S/C15H18Br2N4/c1-9-11(16)10-3-2-6-21-14(10)13(12(9)17)19-15(21)20-7-4-18-5-8-20/h18H,2-8H2,1H3. The van der Waals surface area contributed by atoms with Gasteiger partial charge in [0.2, 0.25) is 5.95 Å². The second kappa shape index (κ2) is 5.25. The van der Waals surface area contributed by atoms with Crippen LogP contribution < -0.4 is 10.2 Å². The molecule has 3 heterocycles. The molecule has 1 N–H and O–H groups in total. The Morgan fingerprint density at radius 3 is 2.62 bits per heavy atom. The van der Waals surface area contributed by atoms with Crippen molar-refractivity contribution < 1.29 is 0 Å². The lowest BCUT2D eigenvalue weighted by Gasteiger charge is -2.29. The van der Waals surface area contributed by atoms with Crippen molar-refractivity contribution in [1.82, 2.24) is 14.9 Å². The largest absolute Gasteiger partial charge is 0.340 e. The van der Waals surface area contributed by atoms with Crippen LogP contribution in [0.2, 0.25) is 0 Å². The van der Waals surface area contributed by atoms with Crippen LogP contribution in [0.3, 0.4) is 0 Å². The van der Waals surface area contributed by atoms with E-state index in [1.54, 1.807) is 0 Å². The summed E-state index contributed by atoms with van der Waals surface area (Å²) in [6, 6.07) is 0. The van der Waals surface area contributed by atoms with Crippen LogP contribution in [0.25, 0.3) is 11.0 Å². The van der Waals surface area contributed by atoms with Crippen LogP contribution in [0.1, 0.15) is 17.5 Å². The van der Waals surface area contributed by atoms with Crippen molar-refractivity contribution >= 4 is 48.8 Å². The molecule has 0 spiro atoms. The topological polar surface area (TPSA) is 33.1 Å². The number of halogens is 2. The molecule has 0 aliphatic carbocycles. The van der Waals surface area contributed by atoms with Crippen molar-refractivity contribution in [2.45, 2.75) is 26.3 Å². The van der Waals surface area contributed by atoms with Crippen molar-refractivity contribution in [3.63, 3.8) is 0 Å². The van der Waals surface area contributed by atoms with Gasteiger partial charge in [-0.3, -0.25) is 0 Å². The molecular formula is C15H18Br2N4. The molecule has 0 atom stereocenters. The quantitative estimate of drug-likeness (QED) is 0.779. The minimum Gasteiger partial charge on any atom is -0.340 e. The van der Waals surface area contributed by atoms with E-state index in [-0.39, 0.29) is 0 Å². The smallest absolute Gasteiger partial charge is 0.206 e. The number of piperazine rings is 1. The number of nitrogens with one attached hydrogen (secondary N) is 1. The van der Waals surface area contributed by atoms with Gasteiger partial charge in [-0.05, 0) is 46.8 Å². The molecule has 4 nitrogen and oxygen atoms in total. The lowest BCUT2D eigenvalue weighted by Crippen LogP contribution is -2.44. The fraction of sp³-hybridized carbons (Fsp3) is 0.533. The second-order valence-electron chi connectivity index (χ2n) is 5.83. The molecule has 6 heteroatoms. The van der Waals surface area contributed by atoms with Gasteiger partial charge in [0, 0.05) is 41.7 Å². The summed E-state index contributed by atoms with van der Waals surface area (Å²) in [6.45, 7) is 7.39. The van der Waals surface area contributed by atoms with Gasteiger partial charge in [-0.15, -0.1) is 0 Å². The van der Waals surface area contributed by atoms with E-state index >= 15 is 0 Å². The first-order valence-electron chi connectivity index (χ1n) is 7.51. The number of aryl methyl sites for hydroxylation is 2. The van der Waals surface area contributed by atoms with Crippen LogP contribution in [-0.4, -0.2) is 35.7 Å². The third-order valence-electron chi connectivity index (χ3n) is 4.57. The van der Waals surface area contributed by atoms with Crippen LogP contribution >= 0.6 is 31.9 Å². The molecule has 0 unspecified atom stereocenters. The number of benzene rings is 1. The zero-order valence-corrected chi connectivity index (χ0v) is 15.2. The van der Waals surface area contributed by atoms with E-state index in [0.29, 0.717) is 0 Å². The highest BCUT2D eigenvalue weighted by Crippen LogP contribution is 2.41. The molecule has 2 aliphatic rings. The van der Waals surface area contributed by atoms with Crippen molar-refractivity contribution in [1.29, 1.82) is 0 Å². The van der Waals surface area contributed by atoms with Crippen molar-refractivity contribution in [2.24, 2.45) is 0 Å². The number of hydrogen-bond acceptors (Lipinski definition) is 3. The molecule has 0 bridgehead atoms. The summed E-state index contributed by atoms with van der Waals surface area (Å²) in [6.07, 6.45) is 2.33. The van der Waals surface area contributed by atoms with E-state index in [1.807, 2.05) is 0 Å². The maximum absolute atomic E-state index is 5.00. The molecular weight excluding hydrogens is 396 g/mol. The fourth-order valence-corrected chi connectivity index (χ4v) is 4.79. The Morgan fingerprint density at radius 1 is 1.10 bits per heavy atom. The number of imidazole rings is 1. The van der Waals surface area contributed by atoms with Gasteiger partial charge in [0.15, 0.2) is 0 Å². The number of anilines is 1. The van der Waals surface area contributed by atoms with E-state index < -0.39 is 0 Å². The maximum atomic E-state index is 5.00. The van der Waals surface area contributed by atoms with E-state index in [2.05, 4.69) is 53.6 Å². The van der Waals surface area contributed by atoms with Gasteiger partial charge in [-0.2, -0.15) is 0 Å². The summed E-state index contributed by atoms with van der Waals surface area (Å²) >= 11 is 7.54. The SMILES string of the molecule is Cc1c(Br)c2c3c(nc(N4CCNCC4)n3CCC2)c1Br. The molecule has 1 saturated heterocycles. The number of rotatable bonds is 1. The van der Waals surface area contributed by atoms with Gasteiger partial charge in [-0.1, -0.05) is 15.9 Å². The first-order valence-corrected chi connectivity index (χ1v) is 9.09. The minimum absolute atomic E-state index is 1.04. The highest BCUT2D eigenvalue weighted by Gasteiger charge is 2.26. The zero-order valence-electron chi connectivity index (χ0n) is 12.0. The monoisotopic (exact) mass is 412 g/mol. The zero-order chi connectivity index (χ0) is 14.6. The summed E-state index contributed by atoms with van der Waals surface area (Å²) < 4.78 is 4.80. The van der Waals surface area contributed by atoms with Gasteiger partial charge >= 0.3 is 0 Å².